The second-order valence-electron chi connectivity index (χ2n) is 6.83. The highest BCUT2D eigenvalue weighted by atomic mass is 32.2. The Hall–Kier alpha value is -3.24. The van der Waals surface area contributed by atoms with Gasteiger partial charge in [0.05, 0.1) is 12.0 Å². The van der Waals surface area contributed by atoms with Gasteiger partial charge in [0.25, 0.3) is 5.91 Å². The van der Waals surface area contributed by atoms with Crippen LogP contribution in [0.25, 0.3) is 11.4 Å². The van der Waals surface area contributed by atoms with Crippen LogP contribution < -0.4 is 10.1 Å². The smallest absolute Gasteiger partial charge is 0.258 e. The molecule has 1 amide bonds. The number of hydrogen-bond acceptors (Lipinski definition) is 6. The first kappa shape index (κ1) is 20.0. The van der Waals surface area contributed by atoms with E-state index in [0.29, 0.717) is 18.9 Å². The normalized spacial score (nSPS) is 14.6. The Morgan fingerprint density at radius 3 is 2.57 bits per heavy atom. The van der Waals surface area contributed by atoms with E-state index in [0.717, 1.165) is 24.2 Å². The van der Waals surface area contributed by atoms with Gasteiger partial charge in [-0.25, -0.2) is 8.42 Å². The number of carbonyl (C=O) groups excluding carboxylic acids is 1. The van der Waals surface area contributed by atoms with E-state index in [1.807, 2.05) is 12.1 Å². The van der Waals surface area contributed by atoms with Crippen molar-refractivity contribution in [1.29, 1.82) is 0 Å². The van der Waals surface area contributed by atoms with Crippen LogP contribution in [0.2, 0.25) is 0 Å². The Morgan fingerprint density at radius 2 is 1.87 bits per heavy atom. The Morgan fingerprint density at radius 1 is 1.13 bits per heavy atom. The van der Waals surface area contributed by atoms with Crippen LogP contribution >= 0.6 is 0 Å². The zero-order chi connectivity index (χ0) is 21.1. The molecule has 156 valence electrons. The summed E-state index contributed by atoms with van der Waals surface area (Å²) < 4.78 is 32.0. The number of carbonyl (C=O) groups is 1. The molecule has 2 aromatic carbocycles. The van der Waals surface area contributed by atoms with Crippen LogP contribution in [0.5, 0.6) is 5.75 Å². The maximum absolute atomic E-state index is 12.7. The summed E-state index contributed by atoms with van der Waals surface area (Å²) in [4.78, 5) is 17.0. The molecule has 1 fully saturated rings. The van der Waals surface area contributed by atoms with Crippen molar-refractivity contribution in [2.24, 2.45) is 0 Å². The van der Waals surface area contributed by atoms with Crippen LogP contribution in [0.1, 0.15) is 23.2 Å². The predicted octanol–water partition coefficient (Wildman–Crippen LogP) is 2.52. The van der Waals surface area contributed by atoms with Crippen molar-refractivity contribution in [3.63, 3.8) is 0 Å². The van der Waals surface area contributed by atoms with Gasteiger partial charge < -0.3 is 4.74 Å². The first-order chi connectivity index (χ1) is 14.5. The molecule has 1 aromatic heterocycles. The van der Waals surface area contributed by atoms with Gasteiger partial charge in [-0.15, -0.1) is 5.10 Å². The molecule has 1 aliphatic heterocycles. The second kappa shape index (κ2) is 8.25. The average Bonchev–Trinajstić information content (AvgIpc) is 3.47. The zero-order valence-corrected chi connectivity index (χ0v) is 17.1. The molecule has 0 radical (unpaired) electrons. The molecule has 0 saturated carbocycles. The zero-order valence-electron chi connectivity index (χ0n) is 16.3. The Labute approximate surface area is 174 Å². The largest absolute Gasteiger partial charge is 0.497 e. The Bertz CT molecular complexity index is 1150. The summed E-state index contributed by atoms with van der Waals surface area (Å²) in [6.07, 6.45) is 1.70. The number of benzene rings is 2. The van der Waals surface area contributed by atoms with Gasteiger partial charge in [-0.3, -0.25) is 15.2 Å². The van der Waals surface area contributed by atoms with Gasteiger partial charge in [-0.2, -0.15) is 9.29 Å². The van der Waals surface area contributed by atoms with E-state index < -0.39 is 15.9 Å². The fourth-order valence-electron chi connectivity index (χ4n) is 3.24. The van der Waals surface area contributed by atoms with Crippen LogP contribution in [-0.4, -0.2) is 54.0 Å². The fraction of sp³-hybridized carbons (Fsp3) is 0.250. The van der Waals surface area contributed by atoms with Crippen molar-refractivity contribution in [1.82, 2.24) is 19.5 Å². The van der Waals surface area contributed by atoms with Crippen LogP contribution in [0.15, 0.2) is 53.4 Å². The highest BCUT2D eigenvalue weighted by molar-refractivity contribution is 7.89. The third-order valence-electron chi connectivity index (χ3n) is 4.87. The number of hydrogen-bond donors (Lipinski definition) is 2. The van der Waals surface area contributed by atoms with Crippen molar-refractivity contribution in [2.75, 3.05) is 25.5 Å². The first-order valence-corrected chi connectivity index (χ1v) is 10.9. The van der Waals surface area contributed by atoms with Crippen molar-refractivity contribution >= 4 is 21.9 Å². The molecule has 0 bridgehead atoms. The lowest BCUT2D eigenvalue weighted by molar-refractivity contribution is 0.102. The highest BCUT2D eigenvalue weighted by Gasteiger charge is 2.27. The molecule has 1 aliphatic rings. The van der Waals surface area contributed by atoms with Crippen LogP contribution in [0.4, 0.5) is 5.95 Å². The molecule has 0 spiro atoms. The molecule has 0 unspecified atom stereocenters. The third kappa shape index (κ3) is 4.05. The van der Waals surface area contributed by atoms with Crippen molar-refractivity contribution in [3.8, 4) is 17.1 Å². The third-order valence-corrected chi connectivity index (χ3v) is 6.77. The Balaban J connectivity index is 1.50. The molecule has 0 aliphatic carbocycles. The molecule has 4 rings (SSSR count). The lowest BCUT2D eigenvalue weighted by Gasteiger charge is -2.15. The van der Waals surface area contributed by atoms with Gasteiger partial charge in [0.2, 0.25) is 16.0 Å². The van der Waals surface area contributed by atoms with Crippen LogP contribution in [0, 0.1) is 0 Å². The maximum atomic E-state index is 12.7. The van der Waals surface area contributed by atoms with E-state index in [1.165, 1.54) is 16.4 Å². The minimum atomic E-state index is -3.60. The molecule has 3 aromatic rings. The van der Waals surface area contributed by atoms with E-state index in [2.05, 4.69) is 20.5 Å². The van der Waals surface area contributed by atoms with Gasteiger partial charge in [0.15, 0.2) is 5.82 Å². The number of rotatable bonds is 6. The van der Waals surface area contributed by atoms with E-state index in [9.17, 15) is 13.2 Å². The average molecular weight is 427 g/mol. The standard InChI is InChI=1S/C20H21N5O4S/c1-29-16-9-7-14(8-10-16)18-21-20(24-23-18)22-19(26)15-5-4-6-17(13-15)30(27,28)25-11-2-3-12-25/h4-10,13H,2-3,11-12H2,1H3,(H2,21,22,23,24,26). The van der Waals surface area contributed by atoms with E-state index in [1.54, 1.807) is 31.4 Å². The van der Waals surface area contributed by atoms with Crippen LogP contribution in [-0.2, 0) is 10.0 Å². The predicted molar refractivity (Wildman–Crippen MR) is 111 cm³/mol. The summed E-state index contributed by atoms with van der Waals surface area (Å²) in [5.74, 6) is 0.807. The molecular weight excluding hydrogens is 406 g/mol. The van der Waals surface area contributed by atoms with Crippen LogP contribution in [0.3, 0.4) is 0 Å². The summed E-state index contributed by atoms with van der Waals surface area (Å²) in [5, 5.41) is 9.37. The van der Waals surface area contributed by atoms with E-state index in [4.69, 9.17) is 4.74 Å². The number of methoxy groups -OCH3 is 1. The lowest BCUT2D eigenvalue weighted by atomic mass is 10.2. The number of ether oxygens (including phenoxy) is 1. The summed E-state index contributed by atoms with van der Waals surface area (Å²) in [5.41, 5.74) is 0.994. The molecule has 0 atom stereocenters. The molecule has 9 nitrogen and oxygen atoms in total. The minimum absolute atomic E-state index is 0.0959. The topological polar surface area (TPSA) is 117 Å². The minimum Gasteiger partial charge on any atom is -0.497 e. The monoisotopic (exact) mass is 427 g/mol. The van der Waals surface area contributed by atoms with Gasteiger partial charge in [-0.05, 0) is 55.3 Å². The number of anilines is 1. The SMILES string of the molecule is COc1ccc(-c2nc(NC(=O)c3cccc(S(=O)(=O)N4CCCC4)c3)n[nH]2)cc1. The number of sulfonamides is 1. The number of nitrogens with zero attached hydrogens (tertiary/aromatic N) is 3. The number of nitrogens with one attached hydrogen (secondary N) is 2. The number of aromatic amines is 1. The Kier molecular flexibility index (Phi) is 5.51. The maximum Gasteiger partial charge on any atom is 0.258 e. The van der Waals surface area contributed by atoms with Crippen molar-refractivity contribution in [2.45, 2.75) is 17.7 Å². The fourth-order valence-corrected chi connectivity index (χ4v) is 4.81. The molecule has 10 heteroatoms. The molecule has 2 heterocycles. The van der Waals surface area contributed by atoms with Gasteiger partial charge >= 0.3 is 0 Å². The van der Waals surface area contributed by atoms with Crippen molar-refractivity contribution in [3.05, 3.63) is 54.1 Å². The molecular formula is C20H21N5O4S. The molecule has 1 saturated heterocycles. The number of amides is 1. The number of aromatic nitrogens is 3. The second-order valence-corrected chi connectivity index (χ2v) is 8.77. The number of H-pyrrole nitrogens is 1. The van der Waals surface area contributed by atoms with Gasteiger partial charge in [0, 0.05) is 24.2 Å². The highest BCUT2D eigenvalue weighted by Crippen LogP contribution is 2.22. The lowest BCUT2D eigenvalue weighted by Crippen LogP contribution is -2.28. The summed E-state index contributed by atoms with van der Waals surface area (Å²) in [6.45, 7) is 1.01. The molecule has 2 N–H and O–H groups in total. The van der Waals surface area contributed by atoms with Gasteiger partial charge in [0.1, 0.15) is 5.75 Å². The first-order valence-electron chi connectivity index (χ1n) is 9.46. The van der Waals surface area contributed by atoms with E-state index >= 15 is 0 Å². The quantitative estimate of drug-likeness (QED) is 0.624. The molecule has 30 heavy (non-hydrogen) atoms. The summed E-state index contributed by atoms with van der Waals surface area (Å²) >= 11 is 0. The van der Waals surface area contributed by atoms with Gasteiger partial charge in [-0.1, -0.05) is 6.07 Å². The summed E-state index contributed by atoms with van der Waals surface area (Å²) in [6, 6.07) is 13.2. The summed E-state index contributed by atoms with van der Waals surface area (Å²) in [7, 11) is -2.01. The van der Waals surface area contributed by atoms with E-state index in [-0.39, 0.29) is 16.4 Å². The van der Waals surface area contributed by atoms with Crippen molar-refractivity contribution < 1.29 is 17.9 Å².